The molecule has 1 aromatic rings. The van der Waals surface area contributed by atoms with Crippen LogP contribution >= 0.6 is 0 Å². The number of aryl methyl sites for hydroxylation is 1. The van der Waals surface area contributed by atoms with Crippen molar-refractivity contribution in [1.82, 2.24) is 0 Å². The topological polar surface area (TPSA) is 27.7 Å². The molecule has 0 spiro atoms. The number of benzene rings is 1. The predicted octanol–water partition coefficient (Wildman–Crippen LogP) is 4.12. The maximum atomic E-state index is 6.10. The van der Waals surface area contributed by atoms with Crippen LogP contribution in [0.5, 0.6) is 11.5 Å². The second-order valence-electron chi connectivity index (χ2n) is 5.55. The average molecular weight is 278 g/mol. The van der Waals surface area contributed by atoms with E-state index < -0.39 is 0 Å². The molecule has 0 atom stereocenters. The molecule has 0 radical (unpaired) electrons. The Bertz CT molecular complexity index is 397. The lowest BCUT2D eigenvalue weighted by molar-refractivity contribution is 0.153. The summed E-state index contributed by atoms with van der Waals surface area (Å²) in [5.41, 5.74) is 1.18. The Balaban J connectivity index is 1.89. The summed E-state index contributed by atoms with van der Waals surface area (Å²) in [6.07, 6.45) is 7.57. The van der Waals surface area contributed by atoms with Gasteiger partial charge < -0.3 is 14.2 Å². The Kier molecular flexibility index (Phi) is 6.19. The van der Waals surface area contributed by atoms with Crippen molar-refractivity contribution >= 4 is 0 Å². The molecule has 0 saturated heterocycles. The van der Waals surface area contributed by atoms with Gasteiger partial charge in [0.1, 0.15) is 11.5 Å². The quantitative estimate of drug-likeness (QED) is 0.702. The Labute approximate surface area is 122 Å². The van der Waals surface area contributed by atoms with Gasteiger partial charge in [0.25, 0.3) is 0 Å². The van der Waals surface area contributed by atoms with Gasteiger partial charge in [0.05, 0.1) is 12.7 Å². The molecule has 1 aromatic carbocycles. The van der Waals surface area contributed by atoms with E-state index >= 15 is 0 Å². The van der Waals surface area contributed by atoms with Gasteiger partial charge >= 0.3 is 0 Å². The standard InChI is InChI=1S/C17H26O3/c1-14-11-16(19-10-6-9-18-2)13-17(12-14)20-15-7-4-3-5-8-15/h11-13,15H,3-10H2,1-2H3. The van der Waals surface area contributed by atoms with Crippen molar-refractivity contribution in [1.29, 1.82) is 0 Å². The minimum atomic E-state index is 0.381. The molecule has 1 aliphatic rings. The zero-order valence-electron chi connectivity index (χ0n) is 12.7. The molecule has 0 heterocycles. The lowest BCUT2D eigenvalue weighted by Gasteiger charge is -2.23. The van der Waals surface area contributed by atoms with Crippen molar-refractivity contribution in [2.24, 2.45) is 0 Å². The van der Waals surface area contributed by atoms with E-state index in [2.05, 4.69) is 19.1 Å². The van der Waals surface area contributed by atoms with Crippen molar-refractivity contribution in [3.8, 4) is 11.5 Å². The fourth-order valence-electron chi connectivity index (χ4n) is 2.63. The normalized spacial score (nSPS) is 16.1. The first kappa shape index (κ1) is 15.2. The second kappa shape index (κ2) is 8.15. The molecule has 0 unspecified atom stereocenters. The van der Waals surface area contributed by atoms with E-state index in [1.807, 2.05) is 6.07 Å². The van der Waals surface area contributed by atoms with E-state index in [1.165, 1.54) is 37.7 Å². The molecule has 0 amide bonds. The molecule has 2 rings (SSSR count). The van der Waals surface area contributed by atoms with Crippen molar-refractivity contribution < 1.29 is 14.2 Å². The lowest BCUT2D eigenvalue weighted by Crippen LogP contribution is -2.19. The van der Waals surface area contributed by atoms with Gasteiger partial charge in [-0.2, -0.15) is 0 Å². The van der Waals surface area contributed by atoms with E-state index in [0.717, 1.165) is 24.5 Å². The van der Waals surface area contributed by atoms with Crippen LogP contribution in [0.1, 0.15) is 44.1 Å². The third-order valence-corrected chi connectivity index (χ3v) is 3.64. The molecule has 0 aliphatic heterocycles. The van der Waals surface area contributed by atoms with Crippen LogP contribution in [0.15, 0.2) is 18.2 Å². The Hall–Kier alpha value is -1.22. The Morgan fingerprint density at radius 2 is 1.75 bits per heavy atom. The molecular weight excluding hydrogens is 252 g/mol. The molecule has 3 heteroatoms. The number of rotatable bonds is 7. The van der Waals surface area contributed by atoms with Gasteiger partial charge in [-0.05, 0) is 50.3 Å². The summed E-state index contributed by atoms with van der Waals surface area (Å²) in [7, 11) is 1.71. The Morgan fingerprint density at radius 1 is 1.00 bits per heavy atom. The third-order valence-electron chi connectivity index (χ3n) is 3.64. The molecule has 1 fully saturated rings. The van der Waals surface area contributed by atoms with Crippen LogP contribution in [0.4, 0.5) is 0 Å². The maximum Gasteiger partial charge on any atom is 0.123 e. The van der Waals surface area contributed by atoms with Crippen molar-refractivity contribution in [3.63, 3.8) is 0 Å². The monoisotopic (exact) mass is 278 g/mol. The first-order valence-corrected chi connectivity index (χ1v) is 7.68. The van der Waals surface area contributed by atoms with E-state index in [-0.39, 0.29) is 0 Å². The van der Waals surface area contributed by atoms with Gasteiger partial charge in [-0.3, -0.25) is 0 Å². The van der Waals surface area contributed by atoms with E-state index in [4.69, 9.17) is 14.2 Å². The molecule has 1 aliphatic carbocycles. The van der Waals surface area contributed by atoms with Crippen molar-refractivity contribution in [2.45, 2.75) is 51.6 Å². The highest BCUT2D eigenvalue weighted by Crippen LogP contribution is 2.27. The summed E-state index contributed by atoms with van der Waals surface area (Å²) in [6, 6.07) is 6.16. The van der Waals surface area contributed by atoms with Crippen LogP contribution in [-0.2, 0) is 4.74 Å². The smallest absolute Gasteiger partial charge is 0.123 e. The highest BCUT2D eigenvalue weighted by atomic mass is 16.5. The molecule has 112 valence electrons. The third kappa shape index (κ3) is 5.04. The van der Waals surface area contributed by atoms with Crippen molar-refractivity contribution in [2.75, 3.05) is 20.3 Å². The molecule has 0 bridgehead atoms. The minimum absolute atomic E-state index is 0.381. The summed E-state index contributed by atoms with van der Waals surface area (Å²) < 4.78 is 16.9. The number of ether oxygens (including phenoxy) is 3. The second-order valence-corrected chi connectivity index (χ2v) is 5.55. The van der Waals surface area contributed by atoms with Crippen LogP contribution in [0.3, 0.4) is 0 Å². The summed E-state index contributed by atoms with van der Waals surface area (Å²) in [6.45, 7) is 3.49. The fraction of sp³-hybridized carbons (Fsp3) is 0.647. The van der Waals surface area contributed by atoms with Gasteiger partial charge in [-0.15, -0.1) is 0 Å². The lowest BCUT2D eigenvalue weighted by atomic mass is 9.98. The fourth-order valence-corrected chi connectivity index (χ4v) is 2.63. The minimum Gasteiger partial charge on any atom is -0.493 e. The SMILES string of the molecule is COCCCOc1cc(C)cc(OC2CCCCC2)c1. The van der Waals surface area contributed by atoms with Crippen LogP contribution in [0, 0.1) is 6.92 Å². The zero-order valence-corrected chi connectivity index (χ0v) is 12.7. The number of methoxy groups -OCH3 is 1. The molecule has 3 nitrogen and oxygen atoms in total. The van der Waals surface area contributed by atoms with Gasteiger partial charge in [0.15, 0.2) is 0 Å². The average Bonchev–Trinajstić information content (AvgIpc) is 2.44. The first-order chi connectivity index (χ1) is 9.78. The van der Waals surface area contributed by atoms with Gasteiger partial charge in [0.2, 0.25) is 0 Å². The first-order valence-electron chi connectivity index (χ1n) is 7.68. The highest BCUT2D eigenvalue weighted by Gasteiger charge is 2.15. The van der Waals surface area contributed by atoms with Gasteiger partial charge in [-0.25, -0.2) is 0 Å². The van der Waals surface area contributed by atoms with Gasteiger partial charge in [-0.1, -0.05) is 6.42 Å². The van der Waals surface area contributed by atoms with E-state index in [1.54, 1.807) is 7.11 Å². The number of hydrogen-bond donors (Lipinski definition) is 0. The predicted molar refractivity (Wildman–Crippen MR) is 80.7 cm³/mol. The van der Waals surface area contributed by atoms with Crippen LogP contribution in [0.25, 0.3) is 0 Å². The molecule has 1 saturated carbocycles. The zero-order chi connectivity index (χ0) is 14.2. The maximum absolute atomic E-state index is 6.10. The summed E-state index contributed by atoms with van der Waals surface area (Å²) in [5, 5.41) is 0. The van der Waals surface area contributed by atoms with E-state index in [0.29, 0.717) is 12.7 Å². The van der Waals surface area contributed by atoms with E-state index in [9.17, 15) is 0 Å². The molecule has 0 N–H and O–H groups in total. The molecular formula is C17H26O3. The Morgan fingerprint density at radius 3 is 2.50 bits per heavy atom. The number of hydrogen-bond acceptors (Lipinski definition) is 3. The summed E-state index contributed by atoms with van der Waals surface area (Å²) in [5.74, 6) is 1.84. The van der Waals surface area contributed by atoms with Gasteiger partial charge in [0, 0.05) is 26.2 Å². The largest absolute Gasteiger partial charge is 0.493 e. The summed E-state index contributed by atoms with van der Waals surface area (Å²) >= 11 is 0. The van der Waals surface area contributed by atoms with Crippen LogP contribution in [0.2, 0.25) is 0 Å². The highest BCUT2D eigenvalue weighted by molar-refractivity contribution is 5.38. The van der Waals surface area contributed by atoms with Crippen LogP contribution in [-0.4, -0.2) is 26.4 Å². The molecule has 20 heavy (non-hydrogen) atoms. The van der Waals surface area contributed by atoms with Crippen LogP contribution < -0.4 is 9.47 Å². The van der Waals surface area contributed by atoms with Crippen molar-refractivity contribution in [3.05, 3.63) is 23.8 Å². The molecule has 0 aromatic heterocycles. The summed E-state index contributed by atoms with van der Waals surface area (Å²) in [4.78, 5) is 0.